The van der Waals surface area contributed by atoms with Crippen molar-refractivity contribution in [2.45, 2.75) is 20.3 Å². The number of hydrogen-bond donors (Lipinski definition) is 3. The highest BCUT2D eigenvalue weighted by Gasteiger charge is 2.29. The Balaban J connectivity index is 0. The third-order valence-electron chi connectivity index (χ3n) is 1.61. The van der Waals surface area contributed by atoms with E-state index < -0.39 is 19.0 Å². The summed E-state index contributed by atoms with van der Waals surface area (Å²) >= 11 is 0. The van der Waals surface area contributed by atoms with Crippen LogP contribution in [0.5, 0.6) is 0 Å². The van der Waals surface area contributed by atoms with Gasteiger partial charge in [0.05, 0.1) is 11.6 Å². The molecule has 0 spiro atoms. The monoisotopic (exact) mass is 232 g/mol. The third kappa shape index (κ3) is 7.02. The predicted octanol–water partition coefficient (Wildman–Crippen LogP) is 1.09. The Bertz CT molecular complexity index is 221. The van der Waals surface area contributed by atoms with Gasteiger partial charge >= 0.3 is 13.6 Å². The van der Waals surface area contributed by atoms with Gasteiger partial charge < -0.3 is 14.9 Å². The lowest BCUT2D eigenvalue weighted by molar-refractivity contribution is -0.146. The van der Waals surface area contributed by atoms with Crippen molar-refractivity contribution in [1.82, 2.24) is 0 Å². The molecule has 13 heavy (non-hydrogen) atoms. The van der Waals surface area contributed by atoms with E-state index in [1.807, 2.05) is 0 Å². The number of carbonyl (C=O) groups is 1. The number of hydrogen-bond acceptors (Lipinski definition) is 2. The van der Waals surface area contributed by atoms with Crippen LogP contribution in [0.4, 0.5) is 0 Å². The largest absolute Gasteiger partial charge is 0.481 e. The van der Waals surface area contributed by atoms with Crippen LogP contribution in [-0.2, 0) is 9.36 Å². The first-order chi connectivity index (χ1) is 5.15. The summed E-state index contributed by atoms with van der Waals surface area (Å²) in [6, 6.07) is 0. The Morgan fingerprint density at radius 1 is 1.38 bits per heavy atom. The average Bonchev–Trinajstić information content (AvgIpc) is 1.82. The molecule has 0 saturated carbocycles. The lowest BCUT2D eigenvalue weighted by Gasteiger charge is -2.18. The maximum Gasteiger partial charge on any atom is 0.325 e. The molecule has 0 amide bonds. The van der Waals surface area contributed by atoms with Gasteiger partial charge in [-0.2, -0.15) is 0 Å². The number of halogens is 1. The Hall–Kier alpha value is -0.0900. The number of carboxylic acid groups (broad SMARTS) is 1. The summed E-state index contributed by atoms with van der Waals surface area (Å²) in [6.45, 7) is 2.87. The average molecular weight is 233 g/mol. The molecule has 80 valence electrons. The highest BCUT2D eigenvalue weighted by Crippen LogP contribution is 2.38. The fraction of sp³-hybridized carbons (Fsp3) is 0.833. The first kappa shape index (κ1) is 15.4. The highest BCUT2D eigenvalue weighted by molar-refractivity contribution is 7.51. The molecule has 0 atom stereocenters. The lowest BCUT2D eigenvalue weighted by atomic mass is 9.91. The summed E-state index contributed by atoms with van der Waals surface area (Å²) in [6.07, 6.45) is -0.404. The zero-order chi connectivity index (χ0) is 9.99. The standard InChI is InChI=1S/C6H13O5P.ClH/c1-6(2,5(7)8)3-4-12(9,10)11;/h3-4H2,1-2H3,(H,7,8)(H2,9,10,11);1H. The normalized spacial score (nSPS) is 12.0. The Kier molecular flexibility index (Phi) is 5.87. The minimum absolute atomic E-state index is 0. The zero-order valence-electron chi connectivity index (χ0n) is 7.43. The first-order valence-electron chi connectivity index (χ1n) is 3.43. The minimum atomic E-state index is -4.07. The van der Waals surface area contributed by atoms with Crippen LogP contribution in [-0.4, -0.2) is 27.0 Å². The van der Waals surface area contributed by atoms with Gasteiger partial charge in [0, 0.05) is 0 Å². The summed E-state index contributed by atoms with van der Waals surface area (Å²) in [5.74, 6) is -1.05. The Morgan fingerprint density at radius 2 is 1.77 bits per heavy atom. The van der Waals surface area contributed by atoms with Crippen LogP contribution < -0.4 is 0 Å². The molecule has 0 bridgehead atoms. The summed E-state index contributed by atoms with van der Waals surface area (Å²) in [5.41, 5.74) is -1.07. The van der Waals surface area contributed by atoms with Crippen molar-refractivity contribution >= 4 is 26.0 Å². The van der Waals surface area contributed by atoms with Crippen molar-refractivity contribution in [2.75, 3.05) is 6.16 Å². The van der Waals surface area contributed by atoms with Crippen LogP contribution >= 0.6 is 20.0 Å². The molecule has 0 saturated heterocycles. The first-order valence-corrected chi connectivity index (χ1v) is 5.23. The van der Waals surface area contributed by atoms with Crippen LogP contribution in [0, 0.1) is 5.41 Å². The van der Waals surface area contributed by atoms with Gasteiger partial charge in [-0.05, 0) is 20.3 Å². The number of carboxylic acids is 1. The maximum atomic E-state index is 10.5. The van der Waals surface area contributed by atoms with Gasteiger partial charge in [0.2, 0.25) is 0 Å². The van der Waals surface area contributed by atoms with Crippen molar-refractivity contribution in [1.29, 1.82) is 0 Å². The molecule has 0 aromatic carbocycles. The summed E-state index contributed by atoms with van der Waals surface area (Å²) in [7, 11) is -4.07. The van der Waals surface area contributed by atoms with Gasteiger partial charge in [0.25, 0.3) is 0 Å². The van der Waals surface area contributed by atoms with Crippen molar-refractivity contribution < 1.29 is 24.3 Å². The molecule has 0 aliphatic heterocycles. The van der Waals surface area contributed by atoms with Gasteiger partial charge in [0.15, 0.2) is 0 Å². The van der Waals surface area contributed by atoms with E-state index in [2.05, 4.69) is 0 Å². The van der Waals surface area contributed by atoms with Crippen molar-refractivity contribution in [3.8, 4) is 0 Å². The molecule has 0 fully saturated rings. The molecule has 7 heteroatoms. The molecule has 0 aliphatic carbocycles. The second-order valence-electron chi connectivity index (χ2n) is 3.33. The SMILES string of the molecule is CC(C)(CCP(=O)(O)O)C(=O)O.Cl. The van der Waals surface area contributed by atoms with E-state index in [9.17, 15) is 9.36 Å². The molecule has 0 heterocycles. The molecular weight excluding hydrogens is 218 g/mol. The van der Waals surface area contributed by atoms with E-state index in [0.717, 1.165) is 0 Å². The molecule has 3 N–H and O–H groups in total. The predicted molar refractivity (Wildman–Crippen MR) is 50.2 cm³/mol. The van der Waals surface area contributed by atoms with Crippen molar-refractivity contribution in [2.24, 2.45) is 5.41 Å². The number of rotatable bonds is 4. The van der Waals surface area contributed by atoms with Gasteiger partial charge in [-0.3, -0.25) is 9.36 Å². The van der Waals surface area contributed by atoms with Gasteiger partial charge in [-0.15, -0.1) is 12.4 Å². The van der Waals surface area contributed by atoms with E-state index in [-0.39, 0.29) is 25.0 Å². The fourth-order valence-electron chi connectivity index (χ4n) is 0.532. The van der Waals surface area contributed by atoms with Crippen molar-refractivity contribution in [3.63, 3.8) is 0 Å². The topological polar surface area (TPSA) is 94.8 Å². The van der Waals surface area contributed by atoms with Crippen LogP contribution in [0.3, 0.4) is 0 Å². The van der Waals surface area contributed by atoms with Crippen LogP contribution in [0.25, 0.3) is 0 Å². The molecular formula is C6H14ClO5P. The van der Waals surface area contributed by atoms with Gasteiger partial charge in [-0.1, -0.05) is 0 Å². The van der Waals surface area contributed by atoms with Crippen molar-refractivity contribution in [3.05, 3.63) is 0 Å². The highest BCUT2D eigenvalue weighted by atomic mass is 35.5. The van der Waals surface area contributed by atoms with E-state index >= 15 is 0 Å². The molecule has 0 unspecified atom stereocenters. The second-order valence-corrected chi connectivity index (χ2v) is 5.10. The van der Waals surface area contributed by atoms with E-state index in [1.165, 1.54) is 13.8 Å². The van der Waals surface area contributed by atoms with Crippen LogP contribution in [0.1, 0.15) is 20.3 Å². The van der Waals surface area contributed by atoms with Crippen LogP contribution in [0.15, 0.2) is 0 Å². The molecule has 0 rings (SSSR count). The smallest absolute Gasteiger partial charge is 0.325 e. The van der Waals surface area contributed by atoms with Gasteiger partial charge in [-0.25, -0.2) is 0 Å². The zero-order valence-corrected chi connectivity index (χ0v) is 9.14. The third-order valence-corrected chi connectivity index (χ3v) is 2.41. The number of aliphatic carboxylic acids is 1. The molecule has 0 radical (unpaired) electrons. The summed E-state index contributed by atoms with van der Waals surface area (Å²) in [4.78, 5) is 27.4. The Labute approximate surface area is 82.7 Å². The molecule has 0 aromatic heterocycles. The summed E-state index contributed by atoms with van der Waals surface area (Å²) in [5, 5.41) is 8.59. The van der Waals surface area contributed by atoms with E-state index in [0.29, 0.717) is 0 Å². The Morgan fingerprint density at radius 3 is 2.00 bits per heavy atom. The van der Waals surface area contributed by atoms with Crippen LogP contribution in [0.2, 0.25) is 0 Å². The molecule has 0 aliphatic rings. The molecule has 0 aromatic rings. The van der Waals surface area contributed by atoms with E-state index in [4.69, 9.17) is 14.9 Å². The quantitative estimate of drug-likeness (QED) is 0.631. The van der Waals surface area contributed by atoms with Gasteiger partial charge in [0.1, 0.15) is 0 Å². The second kappa shape index (κ2) is 4.96. The van der Waals surface area contributed by atoms with E-state index in [1.54, 1.807) is 0 Å². The fourth-order valence-corrected chi connectivity index (χ4v) is 1.38. The maximum absolute atomic E-state index is 10.5. The summed E-state index contributed by atoms with van der Waals surface area (Å²) < 4.78 is 10.4. The minimum Gasteiger partial charge on any atom is -0.481 e. The molecule has 5 nitrogen and oxygen atoms in total. The lowest BCUT2D eigenvalue weighted by Crippen LogP contribution is -2.24.